The minimum absolute atomic E-state index is 0.119. The monoisotopic (exact) mass is 558 g/mol. The first kappa shape index (κ1) is 28.4. The Morgan fingerprint density at radius 3 is 1.57 bits per heavy atom. The van der Waals surface area contributed by atoms with E-state index in [-0.39, 0.29) is 11.3 Å². The van der Waals surface area contributed by atoms with E-state index in [0.29, 0.717) is 36.2 Å². The molecule has 0 aliphatic carbocycles. The highest BCUT2D eigenvalue weighted by molar-refractivity contribution is 5.91. The lowest BCUT2D eigenvalue weighted by Crippen LogP contribution is -2.54. The molecule has 0 bridgehead atoms. The van der Waals surface area contributed by atoms with Gasteiger partial charge in [0, 0.05) is 5.56 Å². The predicted octanol–water partition coefficient (Wildman–Crippen LogP) is 7.43. The molecule has 0 spiro atoms. The van der Waals surface area contributed by atoms with Crippen molar-refractivity contribution < 1.29 is 45.8 Å². The summed E-state index contributed by atoms with van der Waals surface area (Å²) in [6, 6.07) is 18.8. The average molecular weight is 558 g/mol. The van der Waals surface area contributed by atoms with Gasteiger partial charge in [-0.1, -0.05) is 60.7 Å². The first-order chi connectivity index (χ1) is 18.8. The van der Waals surface area contributed by atoms with E-state index in [2.05, 4.69) is 0 Å². The molecule has 0 atom stereocenters. The average Bonchev–Trinajstić information content (AvgIpc) is 2.90. The highest BCUT2D eigenvalue weighted by atomic mass is 19.4. The van der Waals surface area contributed by atoms with Crippen LogP contribution in [0.4, 0.5) is 26.3 Å². The number of alkyl halides is 6. The van der Waals surface area contributed by atoms with E-state index in [1.165, 1.54) is 12.1 Å². The quantitative estimate of drug-likeness (QED) is 0.111. The fourth-order valence-electron chi connectivity index (χ4n) is 4.34. The van der Waals surface area contributed by atoms with Crippen LogP contribution in [0.3, 0.4) is 0 Å². The van der Waals surface area contributed by atoms with Gasteiger partial charge in [-0.05, 0) is 65.1 Å². The van der Waals surface area contributed by atoms with Gasteiger partial charge in [-0.2, -0.15) is 26.3 Å². The number of aromatic hydroxyl groups is 1. The van der Waals surface area contributed by atoms with E-state index in [1.807, 2.05) is 0 Å². The third-order valence-corrected chi connectivity index (χ3v) is 6.36. The zero-order chi connectivity index (χ0) is 29.1. The topological polar surface area (TPSA) is 63.6 Å². The van der Waals surface area contributed by atoms with E-state index in [9.17, 15) is 41.0 Å². The first-order valence-electron chi connectivity index (χ1n) is 11.7. The number of benzene rings is 4. The van der Waals surface area contributed by atoms with Crippen LogP contribution in [0.15, 0.2) is 97.1 Å². The molecular formula is C30H20F6O4. The van der Waals surface area contributed by atoms with Crippen molar-refractivity contribution in [2.45, 2.75) is 24.2 Å². The Morgan fingerprint density at radius 1 is 0.675 bits per heavy atom. The molecule has 0 fully saturated rings. The fourth-order valence-corrected chi connectivity index (χ4v) is 4.34. The van der Waals surface area contributed by atoms with Gasteiger partial charge in [-0.15, -0.1) is 0 Å². The Labute approximate surface area is 224 Å². The summed E-state index contributed by atoms with van der Waals surface area (Å²) >= 11 is 0. The Bertz CT molecular complexity index is 1460. The number of carbonyl (C=O) groups excluding carboxylic acids is 2. The maximum atomic E-state index is 14.2. The molecule has 4 nitrogen and oxygen atoms in total. The van der Waals surface area contributed by atoms with Gasteiger partial charge < -0.3 is 9.84 Å². The molecule has 4 rings (SSSR count). The van der Waals surface area contributed by atoms with Crippen LogP contribution in [0.2, 0.25) is 0 Å². The normalized spacial score (nSPS) is 12.2. The second-order valence-corrected chi connectivity index (χ2v) is 8.94. The second kappa shape index (κ2) is 10.9. The number of carbonyl (C=O) groups is 2. The Morgan fingerprint density at radius 2 is 1.12 bits per heavy atom. The summed E-state index contributed by atoms with van der Waals surface area (Å²) in [4.78, 5) is 23.3. The van der Waals surface area contributed by atoms with Crippen LogP contribution < -0.4 is 4.74 Å². The lowest BCUT2D eigenvalue weighted by molar-refractivity contribution is -0.288. The van der Waals surface area contributed by atoms with Crippen molar-refractivity contribution in [3.05, 3.63) is 130 Å². The lowest BCUT2D eigenvalue weighted by Gasteiger charge is -2.38. The number of halogens is 6. The van der Waals surface area contributed by atoms with Crippen LogP contribution in [0, 0.1) is 0 Å². The number of rotatable bonds is 7. The van der Waals surface area contributed by atoms with E-state index < -0.39 is 40.6 Å². The molecule has 0 heterocycles. The summed E-state index contributed by atoms with van der Waals surface area (Å²) in [5, 5.41) is 9.39. The molecule has 0 unspecified atom stereocenters. The maximum absolute atomic E-state index is 14.2. The number of hydrogen-bond donors (Lipinski definition) is 1. The molecule has 4 aromatic carbocycles. The Hall–Kier alpha value is -4.60. The summed E-state index contributed by atoms with van der Waals surface area (Å²) in [6.07, 6.45) is -10.3. The zero-order valence-electron chi connectivity index (χ0n) is 20.5. The number of ether oxygens (including phenoxy) is 1. The number of aldehydes is 1. The van der Waals surface area contributed by atoms with Crippen molar-refractivity contribution >= 4 is 12.3 Å². The van der Waals surface area contributed by atoms with Crippen molar-refractivity contribution in [2.24, 2.45) is 0 Å². The Kier molecular flexibility index (Phi) is 7.72. The molecule has 0 saturated carbocycles. The van der Waals surface area contributed by atoms with Gasteiger partial charge in [0.15, 0.2) is 0 Å². The van der Waals surface area contributed by atoms with Crippen molar-refractivity contribution in [3.63, 3.8) is 0 Å². The summed E-state index contributed by atoms with van der Waals surface area (Å²) < 4.78 is 90.4. The Balaban J connectivity index is 1.55. The first-order valence-corrected chi connectivity index (χ1v) is 11.7. The highest BCUT2D eigenvalue weighted by Crippen LogP contribution is 2.56. The van der Waals surface area contributed by atoms with E-state index >= 15 is 0 Å². The zero-order valence-corrected chi connectivity index (χ0v) is 20.5. The van der Waals surface area contributed by atoms with E-state index in [0.717, 1.165) is 41.7 Å². The smallest absolute Gasteiger partial charge is 0.411 e. The van der Waals surface area contributed by atoms with Gasteiger partial charge in [0.1, 0.15) is 17.8 Å². The summed E-state index contributed by atoms with van der Waals surface area (Å²) in [5.74, 6) is -1.60. The van der Waals surface area contributed by atoms with Gasteiger partial charge >= 0.3 is 18.3 Å². The minimum Gasteiger partial charge on any atom is -0.508 e. The number of phenolic OH excluding ortho intramolecular Hbond substituents is 1. The van der Waals surface area contributed by atoms with Crippen molar-refractivity contribution in [2.75, 3.05) is 0 Å². The van der Waals surface area contributed by atoms with Crippen LogP contribution in [0.1, 0.15) is 43.0 Å². The van der Waals surface area contributed by atoms with Crippen LogP contribution in [0.25, 0.3) is 0 Å². The molecule has 0 amide bonds. The molecule has 10 heteroatoms. The number of hydrogen-bond acceptors (Lipinski definition) is 4. The molecule has 0 aromatic heterocycles. The summed E-state index contributed by atoms with van der Waals surface area (Å²) in [5.41, 5.74) is -4.21. The van der Waals surface area contributed by atoms with Gasteiger partial charge in [-0.3, -0.25) is 4.79 Å². The molecule has 206 valence electrons. The van der Waals surface area contributed by atoms with E-state index in [4.69, 9.17) is 4.74 Å². The molecule has 4 aromatic rings. The largest absolute Gasteiger partial charge is 0.508 e. The number of esters is 1. The number of phenols is 1. The molecular weight excluding hydrogens is 538 g/mol. The molecule has 1 N–H and O–H groups in total. The third kappa shape index (κ3) is 5.56. The molecule has 0 radical (unpaired) electrons. The molecule has 0 aliphatic rings. The summed E-state index contributed by atoms with van der Waals surface area (Å²) in [7, 11) is 0. The second-order valence-electron chi connectivity index (χ2n) is 8.94. The minimum atomic E-state index is -5.79. The van der Waals surface area contributed by atoms with Crippen LogP contribution in [-0.2, 0) is 11.8 Å². The van der Waals surface area contributed by atoms with Crippen molar-refractivity contribution in [1.82, 2.24) is 0 Å². The van der Waals surface area contributed by atoms with Crippen molar-refractivity contribution in [1.29, 1.82) is 0 Å². The third-order valence-electron chi connectivity index (χ3n) is 6.36. The molecule has 40 heavy (non-hydrogen) atoms. The summed E-state index contributed by atoms with van der Waals surface area (Å²) in [6.45, 7) is 0. The van der Waals surface area contributed by atoms with Gasteiger partial charge in [-0.25, -0.2) is 4.79 Å². The predicted molar refractivity (Wildman–Crippen MR) is 133 cm³/mol. The van der Waals surface area contributed by atoms with Crippen molar-refractivity contribution in [3.8, 4) is 11.5 Å². The molecule has 0 saturated heterocycles. The standard InChI is InChI=1S/C30H20F6O4/c31-29(32,33)28(30(34,35)36,23-9-13-25(38)14-10-23)24-11-15-26(16-12-24)40-27(39)22-7-5-20(6-8-22)17-19-1-3-21(18-37)4-2-19/h1-16,18,38H,17H2. The van der Waals surface area contributed by atoms with Crippen LogP contribution in [0.5, 0.6) is 11.5 Å². The lowest BCUT2D eigenvalue weighted by atomic mass is 9.73. The SMILES string of the molecule is O=Cc1ccc(Cc2ccc(C(=O)Oc3ccc(C(c4ccc(O)cc4)(C(F)(F)F)C(F)(F)F)cc3)cc2)cc1. The van der Waals surface area contributed by atoms with Crippen LogP contribution >= 0.6 is 0 Å². The van der Waals surface area contributed by atoms with Gasteiger partial charge in [0.2, 0.25) is 5.41 Å². The van der Waals surface area contributed by atoms with Gasteiger partial charge in [0.25, 0.3) is 0 Å². The van der Waals surface area contributed by atoms with Gasteiger partial charge in [0.05, 0.1) is 5.56 Å². The molecule has 0 aliphatic heterocycles. The highest BCUT2D eigenvalue weighted by Gasteiger charge is 2.72. The maximum Gasteiger partial charge on any atom is 0.411 e. The van der Waals surface area contributed by atoms with Crippen LogP contribution in [-0.4, -0.2) is 29.7 Å². The fraction of sp³-hybridized carbons (Fsp3) is 0.133. The van der Waals surface area contributed by atoms with E-state index in [1.54, 1.807) is 36.4 Å².